The van der Waals surface area contributed by atoms with Crippen molar-refractivity contribution >= 4 is 78.7 Å². The number of benzene rings is 5. The van der Waals surface area contributed by atoms with Gasteiger partial charge < -0.3 is 19.3 Å². The summed E-state index contributed by atoms with van der Waals surface area (Å²) >= 11 is 7.32. The van der Waals surface area contributed by atoms with Crippen LogP contribution in [0.25, 0.3) is 17.7 Å². The fourth-order valence-electron chi connectivity index (χ4n) is 10.3. The molecule has 1 aliphatic heterocycles. The molecule has 5 aromatic carbocycles. The van der Waals surface area contributed by atoms with Crippen LogP contribution in [0.5, 0.6) is 23.0 Å². The van der Waals surface area contributed by atoms with Gasteiger partial charge in [0.1, 0.15) is 11.5 Å². The summed E-state index contributed by atoms with van der Waals surface area (Å²) in [5.41, 5.74) is 3.63. The van der Waals surface area contributed by atoms with E-state index < -0.39 is 35.0 Å². The molecule has 0 unspecified atom stereocenters. The first-order chi connectivity index (χ1) is 30.0. The van der Waals surface area contributed by atoms with E-state index in [0.29, 0.717) is 48.4 Å². The number of hydrogen-bond acceptors (Lipinski definition) is 8. The van der Waals surface area contributed by atoms with Crippen LogP contribution >= 0.6 is 31.9 Å². The predicted octanol–water partition coefficient (Wildman–Crippen LogP) is 10.1. The van der Waals surface area contributed by atoms with Crippen LogP contribution in [0.3, 0.4) is 0 Å². The third-order valence-electron chi connectivity index (χ3n) is 13.1. The molecule has 1 N–H and O–H groups in total. The number of hydrogen-bond donors (Lipinski definition) is 1. The second kappa shape index (κ2) is 16.3. The maximum atomic E-state index is 15.4. The van der Waals surface area contributed by atoms with Crippen LogP contribution in [0.2, 0.25) is 0 Å². The number of amides is 2. The van der Waals surface area contributed by atoms with Crippen LogP contribution in [-0.2, 0) is 24.6 Å². The van der Waals surface area contributed by atoms with Gasteiger partial charge >= 0.3 is 0 Å². The third kappa shape index (κ3) is 6.47. The van der Waals surface area contributed by atoms with E-state index in [4.69, 9.17) is 14.2 Å². The van der Waals surface area contributed by atoms with Crippen LogP contribution in [0, 0.1) is 23.7 Å². The molecule has 0 bridgehead atoms. The van der Waals surface area contributed by atoms with Crippen molar-refractivity contribution in [3.05, 3.63) is 164 Å². The summed E-state index contributed by atoms with van der Waals surface area (Å²) < 4.78 is 17.4. The molecule has 2 fully saturated rings. The number of rotatable bonds is 9. The Hall–Kier alpha value is -6.04. The van der Waals surface area contributed by atoms with Crippen molar-refractivity contribution in [3.8, 4) is 23.0 Å². The number of halogens is 2. The van der Waals surface area contributed by atoms with Crippen molar-refractivity contribution in [1.82, 2.24) is 0 Å². The first-order valence-corrected chi connectivity index (χ1v) is 21.9. The Kier molecular flexibility index (Phi) is 10.9. The minimum atomic E-state index is -1.46. The number of imide groups is 1. The number of Topliss-reactive ketones (excluding diaryl/α,β-unsaturated/α-hetero) is 1. The molecule has 9 rings (SSSR count). The van der Waals surface area contributed by atoms with Gasteiger partial charge in [0.05, 0.1) is 48.7 Å². The summed E-state index contributed by atoms with van der Waals surface area (Å²) in [6, 6.07) is 33.0. The van der Waals surface area contributed by atoms with Gasteiger partial charge in [0.15, 0.2) is 23.1 Å². The summed E-state index contributed by atoms with van der Waals surface area (Å²) in [5.74, 6) is -3.50. The highest BCUT2D eigenvalue weighted by atomic mass is 79.9. The van der Waals surface area contributed by atoms with Crippen LogP contribution in [0.1, 0.15) is 46.6 Å². The third-order valence-corrected chi connectivity index (χ3v) is 15.3. The maximum Gasteiger partial charge on any atom is 0.238 e. The van der Waals surface area contributed by atoms with Crippen LogP contribution < -0.4 is 19.1 Å². The number of phenols is 1. The lowest BCUT2D eigenvalue weighted by atomic mass is 9.44. The molecule has 6 atom stereocenters. The Bertz CT molecular complexity index is 2750. The topological polar surface area (TPSA) is 119 Å². The first kappa shape index (κ1) is 41.3. The number of allylic oxidation sites excluding steroid dienone is 4. The molecule has 4 aliphatic rings. The van der Waals surface area contributed by atoms with Crippen molar-refractivity contribution in [2.24, 2.45) is 23.7 Å². The molecule has 1 saturated heterocycles. The van der Waals surface area contributed by atoms with E-state index in [1.54, 1.807) is 32.4 Å². The highest BCUT2D eigenvalue weighted by Gasteiger charge is 2.66. The van der Waals surface area contributed by atoms with E-state index in [2.05, 4.69) is 31.9 Å². The second-order valence-corrected chi connectivity index (χ2v) is 17.6. The zero-order valence-corrected chi connectivity index (χ0v) is 37.2. The first-order valence-electron chi connectivity index (χ1n) is 20.3. The van der Waals surface area contributed by atoms with Crippen LogP contribution in [-0.4, -0.2) is 49.8 Å². The number of nitrogens with zero attached hydrogens (tertiary/aromatic N) is 1. The molecule has 62 heavy (non-hydrogen) atoms. The molecule has 2 amide bonds. The van der Waals surface area contributed by atoms with Gasteiger partial charge in [0.25, 0.3) is 0 Å². The summed E-state index contributed by atoms with van der Waals surface area (Å²) in [5, 5.41) is 11.1. The summed E-state index contributed by atoms with van der Waals surface area (Å²) in [6.07, 6.45) is 7.75. The fourth-order valence-corrected chi connectivity index (χ4v) is 11.3. The molecule has 5 aromatic rings. The molecule has 1 heterocycles. The lowest BCUT2D eigenvalue weighted by molar-refractivity contribution is -0.135. The quantitative estimate of drug-likeness (QED) is 0.0882. The van der Waals surface area contributed by atoms with Crippen molar-refractivity contribution in [3.63, 3.8) is 0 Å². The van der Waals surface area contributed by atoms with Crippen molar-refractivity contribution < 1.29 is 38.5 Å². The SMILES string of the molecule is COc1ccc(OC)c(C=Cc2ccc(N3C(=O)[C@H]4[C@H](CC=C5[C@H]4C[C@H]4C(=O)C(c6ccccc6)=CC(=O)[C@@]4(c4ccccc4)[C@H]5c4cc(OC)c(O)c(Br)c4Br)C3=O)cc2)c1. The molecule has 0 spiro atoms. The molecule has 1 saturated carbocycles. The number of carbonyl (C=O) groups excluding carboxylic acids is 4. The number of methoxy groups -OCH3 is 3. The van der Waals surface area contributed by atoms with Gasteiger partial charge in [-0.25, -0.2) is 0 Å². The monoisotopic (exact) mass is 953 g/mol. The van der Waals surface area contributed by atoms with Gasteiger partial charge in [-0.2, -0.15) is 0 Å². The maximum absolute atomic E-state index is 15.4. The van der Waals surface area contributed by atoms with Crippen LogP contribution in [0.4, 0.5) is 5.69 Å². The van der Waals surface area contributed by atoms with Gasteiger partial charge in [0.2, 0.25) is 11.8 Å². The molecular formula is C51H41Br2NO8. The Labute approximate surface area is 376 Å². The lowest BCUT2D eigenvalue weighted by Crippen LogP contribution is -2.59. The Morgan fingerprint density at radius 1 is 0.742 bits per heavy atom. The Morgan fingerprint density at radius 3 is 2.11 bits per heavy atom. The van der Waals surface area contributed by atoms with Gasteiger partial charge in [-0.1, -0.05) is 96.6 Å². The number of ketones is 2. The van der Waals surface area contributed by atoms with Crippen molar-refractivity contribution in [2.75, 3.05) is 26.2 Å². The van der Waals surface area contributed by atoms with Gasteiger partial charge in [-0.3, -0.25) is 24.1 Å². The summed E-state index contributed by atoms with van der Waals surface area (Å²) in [6.45, 7) is 0. The van der Waals surface area contributed by atoms with Crippen molar-refractivity contribution in [2.45, 2.75) is 24.2 Å². The number of ether oxygens (including phenoxy) is 3. The van der Waals surface area contributed by atoms with Gasteiger partial charge in [-0.05, 0) is 115 Å². The second-order valence-electron chi connectivity index (χ2n) is 16.0. The molecular weight excluding hydrogens is 914 g/mol. The lowest BCUT2D eigenvalue weighted by Gasteiger charge is -2.55. The Morgan fingerprint density at radius 2 is 1.44 bits per heavy atom. The van der Waals surface area contributed by atoms with E-state index in [1.807, 2.05) is 109 Å². The smallest absolute Gasteiger partial charge is 0.238 e. The number of carbonyl (C=O) groups is 4. The minimum Gasteiger partial charge on any atom is -0.503 e. The average molecular weight is 956 g/mol. The van der Waals surface area contributed by atoms with Gasteiger partial charge in [0, 0.05) is 27.4 Å². The summed E-state index contributed by atoms with van der Waals surface area (Å²) in [7, 11) is 4.66. The molecule has 9 nitrogen and oxygen atoms in total. The zero-order chi connectivity index (χ0) is 43.4. The van der Waals surface area contributed by atoms with E-state index in [-0.39, 0.29) is 47.7 Å². The van der Waals surface area contributed by atoms with E-state index >= 15 is 9.59 Å². The molecule has 11 heteroatoms. The van der Waals surface area contributed by atoms with E-state index in [9.17, 15) is 14.7 Å². The largest absolute Gasteiger partial charge is 0.503 e. The zero-order valence-electron chi connectivity index (χ0n) is 34.0. The van der Waals surface area contributed by atoms with E-state index in [1.165, 1.54) is 18.1 Å². The number of anilines is 1. The number of fused-ring (bicyclic) bond motifs is 4. The number of aromatic hydroxyl groups is 1. The Balaban J connectivity index is 1.16. The molecule has 3 aliphatic carbocycles. The molecule has 0 radical (unpaired) electrons. The number of phenolic OH excluding ortho intramolecular Hbond substituents is 1. The average Bonchev–Trinajstić information content (AvgIpc) is 3.57. The van der Waals surface area contributed by atoms with Crippen molar-refractivity contribution in [1.29, 1.82) is 0 Å². The predicted molar refractivity (Wildman–Crippen MR) is 244 cm³/mol. The highest BCUT2D eigenvalue weighted by molar-refractivity contribution is 9.13. The highest BCUT2D eigenvalue weighted by Crippen LogP contribution is 2.65. The normalized spacial score (nSPS) is 24.3. The fraction of sp³-hybridized carbons (Fsp3) is 0.216. The standard InChI is InChI=1S/C51H41Br2NO8/c1-60-33-20-23-40(61-2)30(24-33)17-14-28-15-18-32(19-16-28)54-49(58)35-22-21-34-37(43(35)50(54)59)25-39-47(56)36(29-10-6-4-7-11-29)27-42(55)51(39,31-12-8-5-9-13-31)44(34)38-26-41(62-3)48(57)46(53)45(38)52/h4-21,23-24,26-27,35,37,39,43-44,57H,22,25H2,1-3H3/t35-,37+,39-,43-,44+,51-/m0/s1. The van der Waals surface area contributed by atoms with Gasteiger partial charge in [-0.15, -0.1) is 0 Å². The minimum absolute atomic E-state index is 0.135. The summed E-state index contributed by atoms with van der Waals surface area (Å²) in [4.78, 5) is 61.5. The molecule has 0 aromatic heterocycles. The van der Waals surface area contributed by atoms with E-state index in [0.717, 1.165) is 16.7 Å². The molecule has 312 valence electrons. The van der Waals surface area contributed by atoms with Crippen LogP contribution in [0.15, 0.2) is 136 Å².